The molecule has 0 aliphatic rings. The Kier molecular flexibility index (Phi) is 5.56. The van der Waals surface area contributed by atoms with Crippen LogP contribution in [0, 0.1) is 0 Å². The second-order valence-corrected chi connectivity index (χ2v) is 6.21. The fourth-order valence-electron chi connectivity index (χ4n) is 1.70. The van der Waals surface area contributed by atoms with Gasteiger partial charge in [0.15, 0.2) is 0 Å². The molecule has 6 nitrogen and oxygen atoms in total. The van der Waals surface area contributed by atoms with Gasteiger partial charge in [0.05, 0.1) is 0 Å². The third kappa shape index (κ3) is 5.87. The van der Waals surface area contributed by atoms with Crippen LogP contribution in [0.5, 0.6) is 5.75 Å². The molecule has 122 valence electrons. The van der Waals surface area contributed by atoms with E-state index < -0.39 is 16.5 Å². The number of hydrogen-bond acceptors (Lipinski definition) is 4. The zero-order chi connectivity index (χ0) is 16.9. The Labute approximate surface area is 141 Å². The van der Waals surface area contributed by atoms with Crippen LogP contribution in [0.2, 0.25) is 0 Å². The smallest absolute Gasteiger partial charge is 0.358 e. The summed E-state index contributed by atoms with van der Waals surface area (Å²) in [7, 11) is -5.06. The number of nitrogens with one attached hydrogen (secondary N) is 2. The third-order valence-corrected chi connectivity index (χ3v) is 3.87. The second-order valence-electron chi connectivity index (χ2n) is 4.40. The molecule has 2 aromatic carbocycles. The molecule has 0 fully saturated rings. The minimum Gasteiger partial charge on any atom is -0.358 e. The molecular formula is C14H12BrFN2O4S. The molecule has 2 amide bonds. The van der Waals surface area contributed by atoms with Gasteiger partial charge < -0.3 is 14.8 Å². The summed E-state index contributed by atoms with van der Waals surface area (Å²) < 4.78 is 38.0. The van der Waals surface area contributed by atoms with E-state index in [0.717, 1.165) is 10.0 Å². The lowest BCUT2D eigenvalue weighted by Gasteiger charge is -2.09. The van der Waals surface area contributed by atoms with E-state index >= 15 is 0 Å². The summed E-state index contributed by atoms with van der Waals surface area (Å²) in [5.74, 6) is -0.188. The van der Waals surface area contributed by atoms with E-state index in [0.29, 0.717) is 12.2 Å². The first kappa shape index (κ1) is 17.2. The highest BCUT2D eigenvalue weighted by molar-refractivity contribution is 9.10. The van der Waals surface area contributed by atoms with E-state index in [9.17, 15) is 17.1 Å². The van der Waals surface area contributed by atoms with Crippen LogP contribution in [0.3, 0.4) is 0 Å². The SMILES string of the molecule is O=C(NCc1ccccc1Br)Nc1ccc(OS(=O)(=O)F)cc1. The summed E-state index contributed by atoms with van der Waals surface area (Å²) in [6.45, 7) is 0.328. The van der Waals surface area contributed by atoms with Gasteiger partial charge in [0.2, 0.25) is 0 Å². The Hall–Kier alpha value is -2.13. The van der Waals surface area contributed by atoms with E-state index in [1.165, 1.54) is 24.3 Å². The minimum atomic E-state index is -5.06. The van der Waals surface area contributed by atoms with Gasteiger partial charge in [-0.05, 0) is 35.9 Å². The summed E-state index contributed by atoms with van der Waals surface area (Å²) >= 11 is 3.38. The molecule has 2 N–H and O–H groups in total. The van der Waals surface area contributed by atoms with Crippen LogP contribution >= 0.6 is 15.9 Å². The molecule has 2 aromatic rings. The van der Waals surface area contributed by atoms with Crippen molar-refractivity contribution in [3.63, 3.8) is 0 Å². The Bertz CT molecular complexity index is 797. The Morgan fingerprint density at radius 2 is 1.78 bits per heavy atom. The molecule has 0 saturated carbocycles. The number of anilines is 1. The lowest BCUT2D eigenvalue weighted by atomic mass is 10.2. The molecule has 0 aliphatic heterocycles. The number of benzene rings is 2. The Morgan fingerprint density at radius 1 is 1.13 bits per heavy atom. The first-order chi connectivity index (χ1) is 10.8. The summed E-state index contributed by atoms with van der Waals surface area (Å²) in [5, 5.41) is 5.23. The van der Waals surface area contributed by atoms with E-state index in [2.05, 4.69) is 30.7 Å². The highest BCUT2D eigenvalue weighted by Gasteiger charge is 2.09. The van der Waals surface area contributed by atoms with Crippen LogP contribution in [0.1, 0.15) is 5.56 Å². The minimum absolute atomic E-state index is 0.188. The van der Waals surface area contributed by atoms with Crippen LogP contribution in [-0.2, 0) is 17.0 Å². The highest BCUT2D eigenvalue weighted by atomic mass is 79.9. The number of carbonyl (C=O) groups is 1. The molecule has 0 atom stereocenters. The maximum Gasteiger partial charge on any atom is 0.488 e. The molecule has 23 heavy (non-hydrogen) atoms. The highest BCUT2D eigenvalue weighted by Crippen LogP contribution is 2.18. The summed E-state index contributed by atoms with van der Waals surface area (Å²) in [6, 6.07) is 12.2. The van der Waals surface area contributed by atoms with Gasteiger partial charge >= 0.3 is 16.5 Å². The summed E-state index contributed by atoms with van der Waals surface area (Å²) in [6.07, 6.45) is 0. The van der Waals surface area contributed by atoms with Gasteiger partial charge in [-0.3, -0.25) is 0 Å². The van der Waals surface area contributed by atoms with E-state index in [1.807, 2.05) is 24.3 Å². The van der Waals surface area contributed by atoms with Gasteiger partial charge in [0, 0.05) is 16.7 Å². The van der Waals surface area contributed by atoms with Crippen molar-refractivity contribution in [2.24, 2.45) is 0 Å². The molecule has 0 saturated heterocycles. The number of urea groups is 1. The molecule has 9 heteroatoms. The van der Waals surface area contributed by atoms with Crippen molar-refractivity contribution in [2.45, 2.75) is 6.54 Å². The van der Waals surface area contributed by atoms with Gasteiger partial charge in [0.25, 0.3) is 0 Å². The predicted octanol–water partition coefficient (Wildman–Crippen LogP) is 3.36. The summed E-state index contributed by atoms with van der Waals surface area (Å²) in [4.78, 5) is 11.8. The number of rotatable bonds is 5. The normalized spacial score (nSPS) is 10.9. The number of hydrogen-bond donors (Lipinski definition) is 2. The molecule has 0 radical (unpaired) electrons. The van der Waals surface area contributed by atoms with Crippen LogP contribution in [-0.4, -0.2) is 14.4 Å². The molecule has 0 aromatic heterocycles. The maximum absolute atomic E-state index is 12.3. The molecule has 0 spiro atoms. The van der Waals surface area contributed by atoms with Crippen LogP contribution in [0.15, 0.2) is 53.0 Å². The summed E-state index contributed by atoms with van der Waals surface area (Å²) in [5.41, 5.74) is 1.32. The number of amides is 2. The molecule has 0 aliphatic carbocycles. The lowest BCUT2D eigenvalue weighted by molar-refractivity contribution is 0.251. The van der Waals surface area contributed by atoms with E-state index in [-0.39, 0.29) is 5.75 Å². The molecule has 2 rings (SSSR count). The van der Waals surface area contributed by atoms with Crippen molar-refractivity contribution in [3.8, 4) is 5.75 Å². The molecular weight excluding hydrogens is 391 g/mol. The number of halogens is 2. The van der Waals surface area contributed by atoms with Crippen LogP contribution < -0.4 is 14.8 Å². The first-order valence-corrected chi connectivity index (χ1v) is 8.46. The predicted molar refractivity (Wildman–Crippen MR) is 87.1 cm³/mol. The average molecular weight is 403 g/mol. The van der Waals surface area contributed by atoms with Gasteiger partial charge in [-0.25, -0.2) is 4.79 Å². The zero-order valence-electron chi connectivity index (χ0n) is 11.6. The molecule has 0 heterocycles. The largest absolute Gasteiger partial charge is 0.488 e. The van der Waals surface area contributed by atoms with Gasteiger partial charge in [-0.15, -0.1) is 0 Å². The monoisotopic (exact) mass is 402 g/mol. The fourth-order valence-corrected chi connectivity index (χ4v) is 2.47. The van der Waals surface area contributed by atoms with Crippen molar-refractivity contribution in [2.75, 3.05) is 5.32 Å². The molecule has 0 unspecified atom stereocenters. The van der Waals surface area contributed by atoms with Gasteiger partial charge in [-0.1, -0.05) is 38.0 Å². The maximum atomic E-state index is 12.3. The second kappa shape index (κ2) is 7.42. The van der Waals surface area contributed by atoms with Crippen LogP contribution in [0.4, 0.5) is 14.4 Å². The van der Waals surface area contributed by atoms with Crippen molar-refractivity contribution < 1.29 is 21.3 Å². The standard InChI is InChI=1S/C14H12BrFN2O4S/c15-13-4-2-1-3-10(13)9-17-14(19)18-11-5-7-12(8-6-11)22-23(16,20)21/h1-8H,9H2,(H2,17,18,19). The average Bonchev–Trinajstić information content (AvgIpc) is 2.47. The van der Waals surface area contributed by atoms with Crippen molar-refractivity contribution in [3.05, 3.63) is 58.6 Å². The van der Waals surface area contributed by atoms with Crippen molar-refractivity contribution in [1.29, 1.82) is 0 Å². The third-order valence-electron chi connectivity index (χ3n) is 2.71. The topological polar surface area (TPSA) is 84.5 Å². The van der Waals surface area contributed by atoms with Crippen molar-refractivity contribution in [1.82, 2.24) is 5.32 Å². The zero-order valence-corrected chi connectivity index (χ0v) is 14.0. The van der Waals surface area contributed by atoms with Crippen LogP contribution in [0.25, 0.3) is 0 Å². The first-order valence-electron chi connectivity index (χ1n) is 6.36. The van der Waals surface area contributed by atoms with E-state index in [1.54, 1.807) is 0 Å². The number of carbonyl (C=O) groups excluding carboxylic acids is 1. The quantitative estimate of drug-likeness (QED) is 0.750. The Morgan fingerprint density at radius 3 is 2.39 bits per heavy atom. The lowest BCUT2D eigenvalue weighted by Crippen LogP contribution is -2.28. The molecule has 0 bridgehead atoms. The van der Waals surface area contributed by atoms with Crippen molar-refractivity contribution >= 4 is 38.2 Å². The fraction of sp³-hybridized carbons (Fsp3) is 0.0714. The van der Waals surface area contributed by atoms with Gasteiger partial charge in [0.1, 0.15) is 5.75 Å². The Balaban J connectivity index is 1.89. The van der Waals surface area contributed by atoms with Gasteiger partial charge in [-0.2, -0.15) is 8.42 Å². The van der Waals surface area contributed by atoms with E-state index in [4.69, 9.17) is 0 Å².